The van der Waals surface area contributed by atoms with E-state index in [-0.39, 0.29) is 11.3 Å². The highest BCUT2D eigenvalue weighted by atomic mass is 16.5. The molecule has 1 amide bonds. The molecule has 0 aliphatic carbocycles. The Morgan fingerprint density at radius 2 is 1.84 bits per heavy atom. The molecule has 19 heavy (non-hydrogen) atoms. The molecule has 0 saturated heterocycles. The van der Waals surface area contributed by atoms with E-state index in [1.54, 1.807) is 6.92 Å². The van der Waals surface area contributed by atoms with Crippen molar-refractivity contribution in [3.8, 4) is 5.75 Å². The van der Waals surface area contributed by atoms with Crippen molar-refractivity contribution < 1.29 is 9.53 Å². The molecule has 1 aromatic carbocycles. The van der Waals surface area contributed by atoms with Crippen LogP contribution in [0, 0.1) is 0 Å². The predicted octanol–water partition coefficient (Wildman–Crippen LogP) is 3.28. The van der Waals surface area contributed by atoms with Crippen molar-refractivity contribution in [3.63, 3.8) is 0 Å². The number of carbonyl (C=O) groups excluding carboxylic acids is 1. The lowest BCUT2D eigenvalue weighted by molar-refractivity contribution is -0.127. The summed E-state index contributed by atoms with van der Waals surface area (Å²) in [5.74, 6) is 0.661. The van der Waals surface area contributed by atoms with Crippen LogP contribution in [-0.4, -0.2) is 18.6 Å². The Labute approximate surface area is 116 Å². The zero-order valence-corrected chi connectivity index (χ0v) is 12.6. The van der Waals surface area contributed by atoms with Crippen molar-refractivity contribution in [2.45, 2.75) is 52.6 Å². The van der Waals surface area contributed by atoms with Gasteiger partial charge in [0.1, 0.15) is 5.75 Å². The largest absolute Gasteiger partial charge is 0.481 e. The van der Waals surface area contributed by atoms with Crippen LogP contribution < -0.4 is 10.1 Å². The van der Waals surface area contributed by atoms with Gasteiger partial charge < -0.3 is 10.1 Å². The third-order valence-corrected chi connectivity index (χ3v) is 2.95. The molecule has 0 bridgehead atoms. The third-order valence-electron chi connectivity index (χ3n) is 2.95. The Hall–Kier alpha value is -1.51. The zero-order valence-electron chi connectivity index (χ0n) is 12.6. The molecule has 0 fully saturated rings. The van der Waals surface area contributed by atoms with Crippen LogP contribution in [0.15, 0.2) is 24.3 Å². The summed E-state index contributed by atoms with van der Waals surface area (Å²) in [6, 6.07) is 7.94. The summed E-state index contributed by atoms with van der Waals surface area (Å²) >= 11 is 0. The van der Waals surface area contributed by atoms with Crippen LogP contribution in [0.2, 0.25) is 0 Å². The van der Waals surface area contributed by atoms with Crippen molar-refractivity contribution in [2.24, 2.45) is 0 Å². The van der Waals surface area contributed by atoms with E-state index in [1.807, 2.05) is 31.2 Å². The van der Waals surface area contributed by atoms with E-state index < -0.39 is 6.10 Å². The Morgan fingerprint density at radius 3 is 2.32 bits per heavy atom. The first kappa shape index (κ1) is 15.5. The van der Waals surface area contributed by atoms with Crippen LogP contribution in [0.1, 0.15) is 46.6 Å². The maximum Gasteiger partial charge on any atom is 0.260 e. The van der Waals surface area contributed by atoms with Crippen LogP contribution >= 0.6 is 0 Å². The summed E-state index contributed by atoms with van der Waals surface area (Å²) in [4.78, 5) is 11.7. The summed E-state index contributed by atoms with van der Waals surface area (Å²) in [5, 5.41) is 2.82. The molecule has 0 radical (unpaired) electrons. The van der Waals surface area contributed by atoms with Gasteiger partial charge in [0.05, 0.1) is 0 Å². The van der Waals surface area contributed by atoms with Gasteiger partial charge in [0.25, 0.3) is 5.91 Å². The molecule has 3 heteroatoms. The van der Waals surface area contributed by atoms with E-state index in [1.165, 1.54) is 5.56 Å². The molecule has 1 atom stereocenters. The normalized spacial score (nSPS) is 12.9. The highest BCUT2D eigenvalue weighted by Gasteiger charge is 2.16. The first-order valence-corrected chi connectivity index (χ1v) is 6.89. The monoisotopic (exact) mass is 263 g/mol. The number of rotatable bonds is 5. The summed E-state index contributed by atoms with van der Waals surface area (Å²) < 4.78 is 5.63. The fourth-order valence-corrected chi connectivity index (χ4v) is 1.68. The molecular weight excluding hydrogens is 238 g/mol. The number of hydrogen-bond acceptors (Lipinski definition) is 2. The lowest BCUT2D eigenvalue weighted by atomic mass is 9.87. The molecule has 106 valence electrons. The van der Waals surface area contributed by atoms with Crippen LogP contribution in [0.4, 0.5) is 0 Å². The maximum atomic E-state index is 11.7. The van der Waals surface area contributed by atoms with Gasteiger partial charge in [0, 0.05) is 6.54 Å². The van der Waals surface area contributed by atoms with E-state index in [0.717, 1.165) is 12.2 Å². The molecule has 1 rings (SSSR count). The minimum Gasteiger partial charge on any atom is -0.481 e. The molecule has 0 aliphatic heterocycles. The summed E-state index contributed by atoms with van der Waals surface area (Å²) in [6.45, 7) is 11.0. The van der Waals surface area contributed by atoms with E-state index >= 15 is 0 Å². The van der Waals surface area contributed by atoms with Crippen LogP contribution in [0.5, 0.6) is 5.75 Å². The molecule has 0 spiro atoms. The molecule has 0 heterocycles. The summed E-state index contributed by atoms with van der Waals surface area (Å²) in [5.41, 5.74) is 1.38. The third kappa shape index (κ3) is 4.93. The van der Waals surface area contributed by atoms with Gasteiger partial charge in [0.2, 0.25) is 0 Å². The highest BCUT2D eigenvalue weighted by molar-refractivity contribution is 5.80. The number of amides is 1. The van der Waals surface area contributed by atoms with E-state index in [2.05, 4.69) is 26.1 Å². The van der Waals surface area contributed by atoms with Gasteiger partial charge in [-0.1, -0.05) is 39.8 Å². The van der Waals surface area contributed by atoms with Crippen molar-refractivity contribution in [1.82, 2.24) is 5.32 Å². The number of carbonyl (C=O) groups is 1. The molecule has 0 saturated carbocycles. The Bertz CT molecular complexity index is 404. The number of benzene rings is 1. The first-order chi connectivity index (χ1) is 8.84. The first-order valence-electron chi connectivity index (χ1n) is 6.89. The molecule has 3 nitrogen and oxygen atoms in total. The van der Waals surface area contributed by atoms with Gasteiger partial charge >= 0.3 is 0 Å². The van der Waals surface area contributed by atoms with Gasteiger partial charge in [0.15, 0.2) is 6.10 Å². The fourth-order valence-electron chi connectivity index (χ4n) is 1.68. The topological polar surface area (TPSA) is 38.3 Å². The van der Waals surface area contributed by atoms with Crippen LogP contribution in [-0.2, 0) is 10.2 Å². The van der Waals surface area contributed by atoms with Gasteiger partial charge in [-0.2, -0.15) is 0 Å². The lowest BCUT2D eigenvalue weighted by Crippen LogP contribution is -2.36. The molecule has 0 aliphatic rings. The fraction of sp³-hybridized carbons (Fsp3) is 0.562. The van der Waals surface area contributed by atoms with Crippen molar-refractivity contribution in [1.29, 1.82) is 0 Å². The zero-order chi connectivity index (χ0) is 14.5. The second kappa shape index (κ2) is 6.60. The van der Waals surface area contributed by atoms with Gasteiger partial charge in [-0.25, -0.2) is 0 Å². The number of nitrogens with one attached hydrogen (secondary N) is 1. The predicted molar refractivity (Wildman–Crippen MR) is 78.5 cm³/mol. The van der Waals surface area contributed by atoms with Crippen molar-refractivity contribution in [2.75, 3.05) is 6.54 Å². The van der Waals surface area contributed by atoms with E-state index in [9.17, 15) is 4.79 Å². The quantitative estimate of drug-likeness (QED) is 0.885. The van der Waals surface area contributed by atoms with Crippen molar-refractivity contribution in [3.05, 3.63) is 29.8 Å². The standard InChI is InChI=1S/C16H25NO2/c1-6-11-17-15(18)12(2)19-14-9-7-13(8-10-14)16(3,4)5/h7-10,12H,6,11H2,1-5H3,(H,17,18)/t12-/m0/s1. The number of ether oxygens (including phenoxy) is 1. The molecular formula is C16H25NO2. The Balaban J connectivity index is 2.60. The van der Waals surface area contributed by atoms with Gasteiger partial charge in [-0.3, -0.25) is 4.79 Å². The summed E-state index contributed by atoms with van der Waals surface area (Å²) in [6.07, 6.45) is 0.464. The van der Waals surface area contributed by atoms with Crippen molar-refractivity contribution >= 4 is 5.91 Å². The maximum absolute atomic E-state index is 11.7. The van der Waals surface area contributed by atoms with E-state index in [4.69, 9.17) is 4.74 Å². The smallest absolute Gasteiger partial charge is 0.260 e. The number of hydrogen-bond donors (Lipinski definition) is 1. The second-order valence-corrected chi connectivity index (χ2v) is 5.83. The average Bonchev–Trinajstić information content (AvgIpc) is 2.35. The second-order valence-electron chi connectivity index (χ2n) is 5.83. The minimum absolute atomic E-state index is 0.0678. The average molecular weight is 263 g/mol. The molecule has 1 N–H and O–H groups in total. The van der Waals surface area contributed by atoms with Gasteiger partial charge in [-0.15, -0.1) is 0 Å². The lowest BCUT2D eigenvalue weighted by Gasteiger charge is -2.20. The van der Waals surface area contributed by atoms with Gasteiger partial charge in [-0.05, 0) is 36.5 Å². The Kier molecular flexibility index (Phi) is 5.40. The van der Waals surface area contributed by atoms with Crippen LogP contribution in [0.3, 0.4) is 0 Å². The molecule has 0 unspecified atom stereocenters. The van der Waals surface area contributed by atoms with E-state index in [0.29, 0.717) is 6.54 Å². The summed E-state index contributed by atoms with van der Waals surface area (Å²) in [7, 11) is 0. The molecule has 1 aromatic rings. The molecule has 0 aromatic heterocycles. The Morgan fingerprint density at radius 1 is 1.26 bits per heavy atom. The highest BCUT2D eigenvalue weighted by Crippen LogP contribution is 2.24. The minimum atomic E-state index is -0.466. The van der Waals surface area contributed by atoms with Crippen LogP contribution in [0.25, 0.3) is 0 Å². The SMILES string of the molecule is CCCNC(=O)[C@H](C)Oc1ccc(C(C)(C)C)cc1.